The Morgan fingerprint density at radius 2 is 1.62 bits per heavy atom. The summed E-state index contributed by atoms with van der Waals surface area (Å²) in [7, 11) is -4.29. The number of nitrogens with zero attached hydrogens (tertiary/aromatic N) is 2. The van der Waals surface area contributed by atoms with Crippen molar-refractivity contribution in [2.45, 2.75) is 30.6 Å². The standard InChI is InChI=1S/C26H24N2O3S/c1-26(2)23-19-22(32(29,30)31)16-17-24(23)28(21-13-7-4-8-14-21)25(26)15-9-10-18-27-20-11-5-3-6-12-20/h3-9,11-19H,10H2,1-2H3/p+1/b15-9+,27-18?. The molecule has 0 radical (unpaired) electrons. The van der Waals surface area contributed by atoms with E-state index in [1.54, 1.807) is 12.1 Å². The van der Waals surface area contributed by atoms with E-state index in [-0.39, 0.29) is 4.90 Å². The summed E-state index contributed by atoms with van der Waals surface area (Å²) in [5.74, 6) is 0. The molecule has 1 heterocycles. The van der Waals surface area contributed by atoms with E-state index in [9.17, 15) is 13.0 Å². The lowest BCUT2D eigenvalue weighted by molar-refractivity contribution is 0.483. The van der Waals surface area contributed by atoms with E-state index in [0.29, 0.717) is 6.42 Å². The molecule has 5 nitrogen and oxygen atoms in total. The first kappa shape index (κ1) is 21.9. The number of aliphatic imine (C=N–C) groups is 1. The molecule has 3 aromatic rings. The van der Waals surface area contributed by atoms with Crippen LogP contribution in [0.2, 0.25) is 0 Å². The SMILES string of the molecule is CC1(C)C(/C=C/CC=Nc2ccccc2)=[N+](c2ccccc2)c2ccc(S(=O)(=O)O)cc21. The largest absolute Gasteiger partial charge is 0.294 e. The molecule has 4 rings (SSSR count). The summed E-state index contributed by atoms with van der Waals surface area (Å²) < 4.78 is 35.2. The lowest BCUT2D eigenvalue weighted by atomic mass is 9.81. The Morgan fingerprint density at radius 1 is 0.969 bits per heavy atom. The van der Waals surface area contributed by atoms with Gasteiger partial charge in [0.05, 0.1) is 16.0 Å². The molecule has 0 fully saturated rings. The molecular formula is C26H25N2O3S+. The van der Waals surface area contributed by atoms with Gasteiger partial charge in [0.15, 0.2) is 5.71 Å². The minimum atomic E-state index is -4.29. The molecule has 0 aliphatic carbocycles. The number of hydrogen-bond acceptors (Lipinski definition) is 3. The third kappa shape index (κ3) is 4.33. The molecule has 32 heavy (non-hydrogen) atoms. The van der Waals surface area contributed by atoms with Gasteiger partial charge < -0.3 is 0 Å². The molecule has 0 unspecified atom stereocenters. The van der Waals surface area contributed by atoms with Gasteiger partial charge in [0.1, 0.15) is 0 Å². The first-order chi connectivity index (χ1) is 15.3. The molecule has 1 aliphatic heterocycles. The topological polar surface area (TPSA) is 69.7 Å². The fourth-order valence-corrected chi connectivity index (χ4v) is 4.48. The quantitative estimate of drug-likeness (QED) is 0.294. The van der Waals surface area contributed by atoms with Gasteiger partial charge in [-0.3, -0.25) is 9.55 Å². The van der Waals surface area contributed by atoms with Crippen LogP contribution in [0.25, 0.3) is 0 Å². The number of fused-ring (bicyclic) bond motifs is 1. The van der Waals surface area contributed by atoms with Gasteiger partial charge in [-0.05, 0) is 38.1 Å². The van der Waals surface area contributed by atoms with Crippen molar-refractivity contribution in [1.29, 1.82) is 0 Å². The lowest BCUT2D eigenvalue weighted by Crippen LogP contribution is -2.27. The maximum absolute atomic E-state index is 11.7. The molecule has 162 valence electrons. The molecule has 1 N–H and O–H groups in total. The van der Waals surface area contributed by atoms with Gasteiger partial charge in [0, 0.05) is 42.5 Å². The molecule has 3 aromatic carbocycles. The van der Waals surface area contributed by atoms with Gasteiger partial charge in [-0.1, -0.05) is 42.5 Å². The average Bonchev–Trinajstić information content (AvgIpc) is 3.00. The smallest absolute Gasteiger partial charge is 0.282 e. The second-order valence-corrected chi connectivity index (χ2v) is 9.54. The number of hydrogen-bond donors (Lipinski definition) is 1. The Kier molecular flexibility index (Phi) is 5.91. The van der Waals surface area contributed by atoms with Crippen LogP contribution in [-0.4, -0.2) is 24.9 Å². The predicted molar refractivity (Wildman–Crippen MR) is 131 cm³/mol. The van der Waals surface area contributed by atoms with Crippen molar-refractivity contribution in [1.82, 2.24) is 4.58 Å². The minimum Gasteiger partial charge on any atom is -0.282 e. The number of allylic oxidation sites excluding steroid dienone is 2. The van der Waals surface area contributed by atoms with Gasteiger partial charge in [0.25, 0.3) is 10.1 Å². The normalized spacial score (nSPS) is 15.6. The van der Waals surface area contributed by atoms with Crippen molar-refractivity contribution < 1.29 is 13.0 Å². The summed E-state index contributed by atoms with van der Waals surface area (Å²) in [6.45, 7) is 4.11. The molecule has 0 bridgehead atoms. The zero-order chi connectivity index (χ0) is 22.8. The van der Waals surface area contributed by atoms with Gasteiger partial charge in [-0.2, -0.15) is 13.0 Å². The van der Waals surface area contributed by atoms with Crippen molar-refractivity contribution >= 4 is 39.1 Å². The van der Waals surface area contributed by atoms with Crippen LogP contribution in [0.15, 0.2) is 101 Å². The zero-order valence-corrected chi connectivity index (χ0v) is 18.8. The Bertz CT molecular complexity index is 1320. The van der Waals surface area contributed by atoms with Crippen LogP contribution in [-0.2, 0) is 15.5 Å². The highest BCUT2D eigenvalue weighted by Crippen LogP contribution is 2.43. The fourth-order valence-electron chi connectivity index (χ4n) is 3.97. The maximum atomic E-state index is 11.7. The highest BCUT2D eigenvalue weighted by atomic mass is 32.2. The van der Waals surface area contributed by atoms with Crippen LogP contribution in [0.5, 0.6) is 0 Å². The van der Waals surface area contributed by atoms with E-state index in [1.165, 1.54) is 6.07 Å². The van der Waals surface area contributed by atoms with Crippen LogP contribution >= 0.6 is 0 Å². The third-order valence-corrected chi connectivity index (χ3v) is 6.44. The molecular weight excluding hydrogens is 420 g/mol. The van der Waals surface area contributed by atoms with E-state index < -0.39 is 15.5 Å². The minimum absolute atomic E-state index is 0.0995. The van der Waals surface area contributed by atoms with Gasteiger partial charge >= 0.3 is 0 Å². The molecule has 0 atom stereocenters. The molecule has 0 saturated heterocycles. The fraction of sp³-hybridized carbons (Fsp3) is 0.154. The Labute approximate surface area is 188 Å². The Morgan fingerprint density at radius 3 is 2.28 bits per heavy atom. The second kappa shape index (κ2) is 8.65. The Balaban J connectivity index is 1.74. The van der Waals surface area contributed by atoms with Gasteiger partial charge in [-0.25, -0.2) is 0 Å². The highest BCUT2D eigenvalue weighted by molar-refractivity contribution is 7.85. The molecule has 0 aromatic heterocycles. The van der Waals surface area contributed by atoms with Crippen molar-refractivity contribution in [3.63, 3.8) is 0 Å². The van der Waals surface area contributed by atoms with Crippen LogP contribution < -0.4 is 4.58 Å². The summed E-state index contributed by atoms with van der Waals surface area (Å²) in [6, 6.07) is 24.5. The maximum Gasteiger partial charge on any atom is 0.294 e. The van der Waals surface area contributed by atoms with Crippen molar-refractivity contribution in [3.05, 3.63) is 96.6 Å². The molecule has 6 heteroatoms. The van der Waals surface area contributed by atoms with Crippen LogP contribution in [0.3, 0.4) is 0 Å². The second-order valence-electron chi connectivity index (χ2n) is 8.12. The number of para-hydroxylation sites is 2. The predicted octanol–water partition coefficient (Wildman–Crippen LogP) is 5.85. The van der Waals surface area contributed by atoms with E-state index in [1.807, 2.05) is 66.9 Å². The highest BCUT2D eigenvalue weighted by Gasteiger charge is 2.45. The zero-order valence-electron chi connectivity index (χ0n) is 18.0. The van der Waals surface area contributed by atoms with Gasteiger partial charge in [-0.15, -0.1) is 0 Å². The van der Waals surface area contributed by atoms with Crippen molar-refractivity contribution in [2.75, 3.05) is 0 Å². The number of rotatable bonds is 6. The van der Waals surface area contributed by atoms with Crippen LogP contribution in [0.1, 0.15) is 25.8 Å². The summed E-state index contributed by atoms with van der Waals surface area (Å²) in [6.07, 6.45) is 6.64. The van der Waals surface area contributed by atoms with Gasteiger partial charge in [0.2, 0.25) is 11.4 Å². The number of benzene rings is 3. The summed E-state index contributed by atoms with van der Waals surface area (Å²) in [4.78, 5) is 4.37. The van der Waals surface area contributed by atoms with Crippen LogP contribution in [0, 0.1) is 0 Å². The van der Waals surface area contributed by atoms with E-state index >= 15 is 0 Å². The van der Waals surface area contributed by atoms with E-state index in [4.69, 9.17) is 0 Å². The average molecular weight is 446 g/mol. The van der Waals surface area contributed by atoms with Crippen molar-refractivity contribution in [2.24, 2.45) is 4.99 Å². The lowest BCUT2D eigenvalue weighted by Gasteiger charge is -2.15. The third-order valence-electron chi connectivity index (χ3n) is 5.59. The first-order valence-corrected chi connectivity index (χ1v) is 11.8. The molecule has 0 saturated carbocycles. The summed E-state index contributed by atoms with van der Waals surface area (Å²) in [5, 5.41) is 0. The van der Waals surface area contributed by atoms with E-state index in [2.05, 4.69) is 35.6 Å². The Hall–Kier alpha value is -3.35. The first-order valence-electron chi connectivity index (χ1n) is 10.4. The van der Waals surface area contributed by atoms with Crippen LogP contribution in [0.4, 0.5) is 17.1 Å². The monoisotopic (exact) mass is 445 g/mol. The van der Waals surface area contributed by atoms with Crippen molar-refractivity contribution in [3.8, 4) is 0 Å². The molecule has 0 amide bonds. The molecule has 1 aliphatic rings. The van der Waals surface area contributed by atoms with E-state index in [0.717, 1.165) is 28.3 Å². The summed E-state index contributed by atoms with van der Waals surface area (Å²) in [5.41, 5.74) is 4.17. The molecule has 0 spiro atoms. The summed E-state index contributed by atoms with van der Waals surface area (Å²) >= 11 is 0.